The van der Waals surface area contributed by atoms with Crippen LogP contribution in [0.3, 0.4) is 0 Å². The van der Waals surface area contributed by atoms with Crippen LogP contribution in [0.5, 0.6) is 5.75 Å². The minimum absolute atomic E-state index is 0.307. The third-order valence-corrected chi connectivity index (χ3v) is 2.89. The molecule has 0 spiro atoms. The van der Waals surface area contributed by atoms with Crippen LogP contribution in [0.15, 0.2) is 18.2 Å². The first-order valence-electron chi connectivity index (χ1n) is 5.36. The molecule has 0 saturated carbocycles. The lowest BCUT2D eigenvalue weighted by molar-refractivity contribution is 0.181. The Balaban J connectivity index is 2.26. The second-order valence-electron chi connectivity index (χ2n) is 3.94. The van der Waals surface area contributed by atoms with Crippen molar-refractivity contribution >= 4 is 0 Å². The molecule has 1 aromatic carbocycles. The quantitative estimate of drug-likeness (QED) is 0.796. The highest BCUT2D eigenvalue weighted by molar-refractivity contribution is 5.42. The summed E-state index contributed by atoms with van der Waals surface area (Å²) < 4.78 is 5.05. The van der Waals surface area contributed by atoms with Gasteiger partial charge in [-0.25, -0.2) is 0 Å². The van der Waals surface area contributed by atoms with Gasteiger partial charge in [0.15, 0.2) is 0 Å². The lowest BCUT2D eigenvalue weighted by Crippen LogP contribution is -2.13. The summed E-state index contributed by atoms with van der Waals surface area (Å²) in [5.74, 6) is 0.388. The standard InChI is InChI=1S/C12H17NO2/c1-15-8-9-4-2-5-10(12(9)14)11-6-3-7-13-11/h2,4-5,11,13-14H,3,6-8H2,1H3. The number of rotatable bonds is 3. The molecule has 0 radical (unpaired) electrons. The Labute approximate surface area is 90.1 Å². The predicted molar refractivity (Wildman–Crippen MR) is 58.8 cm³/mol. The van der Waals surface area contributed by atoms with Crippen LogP contribution in [0.4, 0.5) is 0 Å². The summed E-state index contributed by atoms with van der Waals surface area (Å²) in [6.07, 6.45) is 2.28. The number of nitrogens with one attached hydrogen (secondary N) is 1. The topological polar surface area (TPSA) is 41.5 Å². The summed E-state index contributed by atoms with van der Waals surface area (Å²) in [4.78, 5) is 0. The number of para-hydroxylation sites is 1. The maximum absolute atomic E-state index is 10.1. The Bertz CT molecular complexity index is 332. The molecular weight excluding hydrogens is 190 g/mol. The lowest BCUT2D eigenvalue weighted by atomic mass is 10.0. The average Bonchev–Trinajstić information content (AvgIpc) is 2.74. The molecule has 82 valence electrons. The lowest BCUT2D eigenvalue weighted by Gasteiger charge is -2.14. The number of hydrogen-bond acceptors (Lipinski definition) is 3. The van der Waals surface area contributed by atoms with Gasteiger partial charge in [0.25, 0.3) is 0 Å². The van der Waals surface area contributed by atoms with E-state index in [1.807, 2.05) is 18.2 Å². The van der Waals surface area contributed by atoms with Gasteiger partial charge in [-0.3, -0.25) is 0 Å². The molecule has 2 rings (SSSR count). The normalized spacial score (nSPS) is 20.7. The van der Waals surface area contributed by atoms with Gasteiger partial charge in [-0.05, 0) is 19.4 Å². The van der Waals surface area contributed by atoms with E-state index in [9.17, 15) is 5.11 Å². The minimum atomic E-state index is 0.307. The highest BCUT2D eigenvalue weighted by Gasteiger charge is 2.20. The van der Waals surface area contributed by atoms with E-state index in [1.165, 1.54) is 6.42 Å². The van der Waals surface area contributed by atoms with Crippen molar-refractivity contribution in [2.75, 3.05) is 13.7 Å². The number of phenols is 1. The average molecular weight is 207 g/mol. The van der Waals surface area contributed by atoms with Crippen molar-refractivity contribution in [3.8, 4) is 5.75 Å². The molecule has 0 aliphatic carbocycles. The first kappa shape index (κ1) is 10.5. The maximum atomic E-state index is 10.1. The summed E-state index contributed by atoms with van der Waals surface area (Å²) in [6, 6.07) is 6.17. The van der Waals surface area contributed by atoms with E-state index in [1.54, 1.807) is 7.11 Å². The van der Waals surface area contributed by atoms with Gasteiger partial charge in [0.2, 0.25) is 0 Å². The molecule has 1 aliphatic heterocycles. The molecule has 1 aromatic rings. The van der Waals surface area contributed by atoms with Gasteiger partial charge >= 0.3 is 0 Å². The molecule has 1 aliphatic rings. The number of aromatic hydroxyl groups is 1. The molecule has 1 heterocycles. The van der Waals surface area contributed by atoms with E-state index in [0.717, 1.165) is 24.1 Å². The SMILES string of the molecule is COCc1cccc(C2CCCN2)c1O. The second-order valence-corrected chi connectivity index (χ2v) is 3.94. The fraction of sp³-hybridized carbons (Fsp3) is 0.500. The zero-order chi connectivity index (χ0) is 10.7. The largest absolute Gasteiger partial charge is 0.507 e. The van der Waals surface area contributed by atoms with Gasteiger partial charge in [-0.1, -0.05) is 18.2 Å². The fourth-order valence-corrected chi connectivity index (χ4v) is 2.11. The van der Waals surface area contributed by atoms with E-state index < -0.39 is 0 Å². The Kier molecular flexibility index (Phi) is 3.23. The molecule has 1 fully saturated rings. The van der Waals surface area contributed by atoms with Crippen molar-refractivity contribution < 1.29 is 9.84 Å². The molecule has 2 N–H and O–H groups in total. The van der Waals surface area contributed by atoms with Gasteiger partial charge in [-0.2, -0.15) is 0 Å². The van der Waals surface area contributed by atoms with E-state index in [4.69, 9.17) is 4.74 Å². The minimum Gasteiger partial charge on any atom is -0.507 e. The van der Waals surface area contributed by atoms with Crippen molar-refractivity contribution in [2.45, 2.75) is 25.5 Å². The molecule has 0 amide bonds. The summed E-state index contributed by atoms with van der Waals surface area (Å²) in [7, 11) is 1.64. The molecule has 15 heavy (non-hydrogen) atoms. The highest BCUT2D eigenvalue weighted by atomic mass is 16.5. The summed E-state index contributed by atoms with van der Waals surface area (Å²) in [6.45, 7) is 1.50. The van der Waals surface area contributed by atoms with Gasteiger partial charge in [0.1, 0.15) is 5.75 Å². The number of phenolic OH excluding ortho intramolecular Hbond substituents is 1. The Morgan fingerprint density at radius 3 is 3.07 bits per heavy atom. The monoisotopic (exact) mass is 207 g/mol. The summed E-state index contributed by atoms with van der Waals surface area (Å²) in [5, 5.41) is 13.4. The van der Waals surface area contributed by atoms with Gasteiger partial charge in [0.05, 0.1) is 6.61 Å². The Hall–Kier alpha value is -1.06. The number of methoxy groups -OCH3 is 1. The molecule has 0 bridgehead atoms. The second kappa shape index (κ2) is 4.64. The number of hydrogen-bond donors (Lipinski definition) is 2. The van der Waals surface area contributed by atoms with Crippen molar-refractivity contribution in [3.63, 3.8) is 0 Å². The van der Waals surface area contributed by atoms with Gasteiger partial charge in [0, 0.05) is 24.3 Å². The summed E-state index contributed by atoms with van der Waals surface area (Å²) >= 11 is 0. The van der Waals surface area contributed by atoms with Crippen LogP contribution < -0.4 is 5.32 Å². The van der Waals surface area contributed by atoms with Crippen molar-refractivity contribution in [3.05, 3.63) is 29.3 Å². The molecular formula is C12H17NO2. The van der Waals surface area contributed by atoms with Crippen LogP contribution in [0.2, 0.25) is 0 Å². The smallest absolute Gasteiger partial charge is 0.125 e. The van der Waals surface area contributed by atoms with Crippen LogP contribution in [0.25, 0.3) is 0 Å². The van der Waals surface area contributed by atoms with E-state index in [2.05, 4.69) is 5.32 Å². The van der Waals surface area contributed by atoms with Crippen LogP contribution in [0, 0.1) is 0 Å². The molecule has 3 nitrogen and oxygen atoms in total. The summed E-state index contributed by atoms with van der Waals surface area (Å²) in [5.41, 5.74) is 1.87. The fourth-order valence-electron chi connectivity index (χ4n) is 2.11. The zero-order valence-electron chi connectivity index (χ0n) is 8.99. The van der Waals surface area contributed by atoms with Crippen molar-refractivity contribution in [1.29, 1.82) is 0 Å². The zero-order valence-corrected chi connectivity index (χ0v) is 8.99. The van der Waals surface area contributed by atoms with E-state index in [-0.39, 0.29) is 0 Å². The van der Waals surface area contributed by atoms with Crippen LogP contribution in [0.1, 0.15) is 30.0 Å². The molecule has 1 unspecified atom stereocenters. The predicted octanol–water partition coefficient (Wildman–Crippen LogP) is 1.96. The third kappa shape index (κ3) is 2.13. The maximum Gasteiger partial charge on any atom is 0.125 e. The van der Waals surface area contributed by atoms with Crippen molar-refractivity contribution in [2.24, 2.45) is 0 Å². The van der Waals surface area contributed by atoms with E-state index in [0.29, 0.717) is 18.4 Å². The van der Waals surface area contributed by atoms with E-state index >= 15 is 0 Å². The van der Waals surface area contributed by atoms with Gasteiger partial charge in [-0.15, -0.1) is 0 Å². The number of benzene rings is 1. The first-order chi connectivity index (χ1) is 7.33. The number of ether oxygens (including phenoxy) is 1. The molecule has 1 atom stereocenters. The van der Waals surface area contributed by atoms with Crippen LogP contribution in [-0.4, -0.2) is 18.8 Å². The first-order valence-corrected chi connectivity index (χ1v) is 5.36. The third-order valence-electron chi connectivity index (χ3n) is 2.89. The van der Waals surface area contributed by atoms with Crippen molar-refractivity contribution in [1.82, 2.24) is 5.32 Å². The highest BCUT2D eigenvalue weighted by Crippen LogP contribution is 2.32. The molecule has 3 heteroatoms. The molecule has 1 saturated heterocycles. The van der Waals surface area contributed by atoms with Crippen LogP contribution >= 0.6 is 0 Å². The van der Waals surface area contributed by atoms with Crippen LogP contribution in [-0.2, 0) is 11.3 Å². The van der Waals surface area contributed by atoms with Gasteiger partial charge < -0.3 is 15.2 Å². The Morgan fingerprint density at radius 1 is 1.53 bits per heavy atom. The molecule has 0 aromatic heterocycles. The Morgan fingerprint density at radius 2 is 2.40 bits per heavy atom.